The Hall–Kier alpha value is -1.44. The minimum atomic E-state index is -3.54. The van der Waals surface area contributed by atoms with Crippen molar-refractivity contribution in [1.82, 2.24) is 9.62 Å². The van der Waals surface area contributed by atoms with Crippen molar-refractivity contribution >= 4 is 15.9 Å². The second-order valence-electron chi connectivity index (χ2n) is 7.34. The molecule has 2 aliphatic rings. The van der Waals surface area contributed by atoms with Gasteiger partial charge in [0, 0.05) is 25.2 Å². The molecule has 3 N–H and O–H groups in total. The fourth-order valence-electron chi connectivity index (χ4n) is 3.42. The van der Waals surface area contributed by atoms with Crippen LogP contribution < -0.4 is 11.1 Å². The molecule has 1 amide bonds. The second kappa shape index (κ2) is 7.05. The molecule has 1 atom stereocenters. The Bertz CT molecular complexity index is 740. The van der Waals surface area contributed by atoms with Crippen molar-refractivity contribution in [2.45, 2.75) is 49.5 Å². The molecule has 1 unspecified atom stereocenters. The number of carbonyl (C=O) groups excluding carboxylic acids is 1. The highest BCUT2D eigenvalue weighted by atomic mass is 32.2. The topological polar surface area (TPSA) is 92.5 Å². The van der Waals surface area contributed by atoms with Gasteiger partial charge < -0.3 is 11.1 Å². The zero-order valence-electron chi connectivity index (χ0n) is 14.7. The number of rotatable bonds is 6. The number of hydrogen-bond acceptors (Lipinski definition) is 4. The first-order chi connectivity index (χ1) is 11.9. The van der Waals surface area contributed by atoms with Gasteiger partial charge in [0.05, 0.1) is 10.4 Å². The minimum absolute atomic E-state index is 0.183. The lowest BCUT2D eigenvalue weighted by atomic mass is 9.95. The van der Waals surface area contributed by atoms with Gasteiger partial charge in [-0.15, -0.1) is 0 Å². The molecule has 1 saturated carbocycles. The predicted octanol–water partition coefficient (Wildman–Crippen LogP) is 1.72. The number of nitrogens with one attached hydrogen (secondary N) is 1. The number of amides is 1. The van der Waals surface area contributed by atoms with E-state index in [1.807, 2.05) is 6.92 Å². The van der Waals surface area contributed by atoms with Crippen molar-refractivity contribution in [3.8, 4) is 0 Å². The molecule has 138 valence electrons. The van der Waals surface area contributed by atoms with Gasteiger partial charge in [-0.2, -0.15) is 4.31 Å². The van der Waals surface area contributed by atoms with E-state index in [-0.39, 0.29) is 10.8 Å². The van der Waals surface area contributed by atoms with E-state index in [0.29, 0.717) is 31.1 Å². The SMILES string of the molecule is CC(CN)(NC(=O)c1cccc(S(=O)(=O)N2CCCCC2)c1)C1CC1. The number of nitrogens with two attached hydrogens (primary N) is 1. The first-order valence-electron chi connectivity index (χ1n) is 8.99. The molecule has 1 aliphatic heterocycles. The van der Waals surface area contributed by atoms with Crippen molar-refractivity contribution in [2.75, 3.05) is 19.6 Å². The number of nitrogens with zero attached hydrogens (tertiary/aromatic N) is 1. The van der Waals surface area contributed by atoms with Crippen LogP contribution in [0.5, 0.6) is 0 Å². The highest BCUT2D eigenvalue weighted by Crippen LogP contribution is 2.39. The Morgan fingerprint density at radius 2 is 1.96 bits per heavy atom. The maximum absolute atomic E-state index is 12.8. The third kappa shape index (κ3) is 3.88. The number of hydrogen-bond donors (Lipinski definition) is 2. The Morgan fingerprint density at radius 1 is 1.28 bits per heavy atom. The van der Waals surface area contributed by atoms with Crippen molar-refractivity contribution in [2.24, 2.45) is 11.7 Å². The van der Waals surface area contributed by atoms with Gasteiger partial charge in [-0.1, -0.05) is 12.5 Å². The van der Waals surface area contributed by atoms with Gasteiger partial charge in [0.25, 0.3) is 5.91 Å². The second-order valence-corrected chi connectivity index (χ2v) is 9.28. The normalized spacial score (nSPS) is 21.5. The summed E-state index contributed by atoms with van der Waals surface area (Å²) in [5.41, 5.74) is 5.78. The molecule has 1 aliphatic carbocycles. The van der Waals surface area contributed by atoms with E-state index >= 15 is 0 Å². The molecule has 0 spiro atoms. The van der Waals surface area contributed by atoms with Crippen LogP contribution in [0, 0.1) is 5.92 Å². The smallest absolute Gasteiger partial charge is 0.251 e. The summed E-state index contributed by atoms with van der Waals surface area (Å²) in [4.78, 5) is 12.8. The molecule has 1 aromatic carbocycles. The van der Waals surface area contributed by atoms with E-state index in [1.165, 1.54) is 10.4 Å². The third-order valence-electron chi connectivity index (χ3n) is 5.35. The third-order valence-corrected chi connectivity index (χ3v) is 7.25. The molecule has 0 aromatic heterocycles. The Kier molecular flexibility index (Phi) is 5.18. The van der Waals surface area contributed by atoms with Crippen LogP contribution in [0.2, 0.25) is 0 Å². The van der Waals surface area contributed by atoms with E-state index in [1.54, 1.807) is 18.2 Å². The zero-order valence-corrected chi connectivity index (χ0v) is 15.5. The summed E-state index contributed by atoms with van der Waals surface area (Å²) >= 11 is 0. The molecule has 6 nitrogen and oxygen atoms in total. The van der Waals surface area contributed by atoms with Crippen LogP contribution >= 0.6 is 0 Å². The van der Waals surface area contributed by atoms with Crippen molar-refractivity contribution in [3.05, 3.63) is 29.8 Å². The first-order valence-corrected chi connectivity index (χ1v) is 10.4. The molecule has 25 heavy (non-hydrogen) atoms. The van der Waals surface area contributed by atoms with Crippen LogP contribution in [0.25, 0.3) is 0 Å². The van der Waals surface area contributed by atoms with Crippen LogP contribution in [0.3, 0.4) is 0 Å². The first kappa shape index (κ1) is 18.4. The van der Waals surface area contributed by atoms with E-state index < -0.39 is 15.6 Å². The number of sulfonamides is 1. The summed E-state index contributed by atoms with van der Waals surface area (Å²) in [5, 5.41) is 3.01. The number of piperidine rings is 1. The summed E-state index contributed by atoms with van der Waals surface area (Å²) in [6.07, 6.45) is 4.97. The zero-order chi connectivity index (χ0) is 18.1. The quantitative estimate of drug-likeness (QED) is 0.803. The average molecular weight is 365 g/mol. The number of benzene rings is 1. The summed E-state index contributed by atoms with van der Waals surface area (Å²) in [6.45, 7) is 3.42. The Labute approximate surface area is 149 Å². The summed E-state index contributed by atoms with van der Waals surface area (Å²) in [5.74, 6) is 0.136. The van der Waals surface area contributed by atoms with Crippen LogP contribution in [0.15, 0.2) is 29.2 Å². The summed E-state index contributed by atoms with van der Waals surface area (Å²) < 4.78 is 27.1. The molecule has 0 radical (unpaired) electrons. The maximum Gasteiger partial charge on any atom is 0.251 e. The highest BCUT2D eigenvalue weighted by molar-refractivity contribution is 7.89. The molecule has 1 aromatic rings. The van der Waals surface area contributed by atoms with Gasteiger partial charge in [-0.3, -0.25) is 4.79 Å². The Balaban J connectivity index is 1.80. The fraction of sp³-hybridized carbons (Fsp3) is 0.611. The van der Waals surface area contributed by atoms with E-state index in [0.717, 1.165) is 32.1 Å². The van der Waals surface area contributed by atoms with Gasteiger partial charge in [-0.05, 0) is 56.7 Å². The summed E-state index contributed by atoms with van der Waals surface area (Å²) in [6, 6.07) is 6.31. The lowest BCUT2D eigenvalue weighted by molar-refractivity contribution is 0.0897. The van der Waals surface area contributed by atoms with Gasteiger partial charge in [0.15, 0.2) is 0 Å². The molecule has 1 saturated heterocycles. The molecule has 7 heteroatoms. The molecule has 2 fully saturated rings. The van der Waals surface area contributed by atoms with E-state index in [4.69, 9.17) is 5.73 Å². The standard InChI is InChI=1S/C18H27N3O3S/c1-18(13-19,15-8-9-15)20-17(22)14-6-5-7-16(12-14)25(23,24)21-10-3-2-4-11-21/h5-7,12,15H,2-4,8-11,13,19H2,1H3,(H,20,22). The van der Waals surface area contributed by atoms with Crippen LogP contribution in [-0.2, 0) is 10.0 Å². The van der Waals surface area contributed by atoms with Crippen LogP contribution in [0.4, 0.5) is 0 Å². The molecular weight excluding hydrogens is 338 g/mol. The van der Waals surface area contributed by atoms with Gasteiger partial charge in [0.1, 0.15) is 0 Å². The highest BCUT2D eigenvalue weighted by Gasteiger charge is 2.41. The molecule has 1 heterocycles. The van der Waals surface area contributed by atoms with Crippen LogP contribution in [0.1, 0.15) is 49.4 Å². The molecule has 3 rings (SSSR count). The lowest BCUT2D eigenvalue weighted by Gasteiger charge is -2.29. The minimum Gasteiger partial charge on any atom is -0.345 e. The average Bonchev–Trinajstić information content (AvgIpc) is 3.48. The predicted molar refractivity (Wildman–Crippen MR) is 96.7 cm³/mol. The number of carbonyl (C=O) groups is 1. The van der Waals surface area contributed by atoms with Crippen LogP contribution in [-0.4, -0.2) is 43.8 Å². The van der Waals surface area contributed by atoms with Crippen molar-refractivity contribution < 1.29 is 13.2 Å². The molecule has 0 bridgehead atoms. The van der Waals surface area contributed by atoms with Gasteiger partial charge in [0.2, 0.25) is 10.0 Å². The van der Waals surface area contributed by atoms with Gasteiger partial charge >= 0.3 is 0 Å². The Morgan fingerprint density at radius 3 is 2.56 bits per heavy atom. The lowest BCUT2D eigenvalue weighted by Crippen LogP contribution is -2.53. The van der Waals surface area contributed by atoms with E-state index in [2.05, 4.69) is 5.32 Å². The summed E-state index contributed by atoms with van der Waals surface area (Å²) in [7, 11) is -3.54. The maximum atomic E-state index is 12.8. The van der Waals surface area contributed by atoms with E-state index in [9.17, 15) is 13.2 Å². The monoisotopic (exact) mass is 365 g/mol. The van der Waals surface area contributed by atoms with Gasteiger partial charge in [-0.25, -0.2) is 8.42 Å². The molecular formula is C18H27N3O3S. The fourth-order valence-corrected chi connectivity index (χ4v) is 4.99. The van der Waals surface area contributed by atoms with Crippen molar-refractivity contribution in [1.29, 1.82) is 0 Å². The van der Waals surface area contributed by atoms with Crippen molar-refractivity contribution in [3.63, 3.8) is 0 Å². The largest absolute Gasteiger partial charge is 0.345 e.